The molecule has 4 nitrogen and oxygen atoms in total. The lowest BCUT2D eigenvalue weighted by Crippen LogP contribution is -2.24. The highest BCUT2D eigenvalue weighted by molar-refractivity contribution is 7.11. The van der Waals surface area contributed by atoms with Crippen LogP contribution in [-0.4, -0.2) is 23.7 Å². The molecule has 2 rings (SSSR count). The Morgan fingerprint density at radius 2 is 2.05 bits per heavy atom. The monoisotopic (exact) mass is 306 g/mol. The van der Waals surface area contributed by atoms with E-state index in [1.807, 2.05) is 30.5 Å². The Hall–Kier alpha value is -1.43. The number of hydrogen-bond donors (Lipinski definition) is 2. The highest BCUT2D eigenvalue weighted by Gasteiger charge is 2.13. The molecule has 2 N–H and O–H groups in total. The van der Waals surface area contributed by atoms with Crippen LogP contribution in [0.5, 0.6) is 5.75 Å². The van der Waals surface area contributed by atoms with Gasteiger partial charge in [-0.1, -0.05) is 19.1 Å². The van der Waals surface area contributed by atoms with E-state index >= 15 is 0 Å². The summed E-state index contributed by atoms with van der Waals surface area (Å²) >= 11 is 1.72. The van der Waals surface area contributed by atoms with E-state index in [1.165, 1.54) is 4.88 Å². The van der Waals surface area contributed by atoms with Crippen molar-refractivity contribution in [3.8, 4) is 5.75 Å². The van der Waals surface area contributed by atoms with Gasteiger partial charge in [-0.2, -0.15) is 0 Å². The van der Waals surface area contributed by atoms with Gasteiger partial charge >= 0.3 is 0 Å². The summed E-state index contributed by atoms with van der Waals surface area (Å²) in [5, 5.41) is 14.6. The van der Waals surface area contributed by atoms with Crippen molar-refractivity contribution in [2.24, 2.45) is 0 Å². The number of aromatic nitrogens is 1. The van der Waals surface area contributed by atoms with E-state index in [2.05, 4.69) is 24.1 Å². The van der Waals surface area contributed by atoms with Gasteiger partial charge in [0.15, 0.2) is 0 Å². The van der Waals surface area contributed by atoms with Crippen molar-refractivity contribution in [3.63, 3.8) is 0 Å². The van der Waals surface area contributed by atoms with E-state index in [4.69, 9.17) is 4.74 Å². The van der Waals surface area contributed by atoms with Crippen molar-refractivity contribution < 1.29 is 9.84 Å². The summed E-state index contributed by atoms with van der Waals surface area (Å²) in [5.74, 6) is 0.794. The Morgan fingerprint density at radius 1 is 1.33 bits per heavy atom. The van der Waals surface area contributed by atoms with Crippen LogP contribution < -0.4 is 10.1 Å². The van der Waals surface area contributed by atoms with Crippen molar-refractivity contribution in [1.82, 2.24) is 10.3 Å². The van der Waals surface area contributed by atoms with Gasteiger partial charge in [-0.3, -0.25) is 0 Å². The summed E-state index contributed by atoms with van der Waals surface area (Å²) < 4.78 is 5.11. The minimum Gasteiger partial charge on any atom is -0.497 e. The summed E-state index contributed by atoms with van der Waals surface area (Å²) in [6.07, 6.45) is 2.40. The van der Waals surface area contributed by atoms with E-state index in [9.17, 15) is 5.11 Å². The number of aliphatic hydroxyl groups is 1. The third-order valence-electron chi connectivity index (χ3n) is 3.41. The van der Waals surface area contributed by atoms with Gasteiger partial charge in [0.1, 0.15) is 10.8 Å². The Kier molecular flexibility index (Phi) is 5.73. The van der Waals surface area contributed by atoms with Crippen LogP contribution in [-0.2, 0) is 6.42 Å². The first-order chi connectivity index (χ1) is 10.1. The smallest absolute Gasteiger partial charge is 0.118 e. The predicted octanol–water partition coefficient (Wildman–Crippen LogP) is 3.10. The number of aryl methyl sites for hydroxylation is 1. The highest BCUT2D eigenvalue weighted by Crippen LogP contribution is 2.22. The van der Waals surface area contributed by atoms with Crippen LogP contribution in [0.15, 0.2) is 30.5 Å². The molecule has 0 aliphatic rings. The zero-order chi connectivity index (χ0) is 15.2. The number of benzene rings is 1. The molecule has 1 heterocycles. The summed E-state index contributed by atoms with van der Waals surface area (Å²) in [7, 11) is 1.63. The SMILES string of the molecule is CCc1cnc(C(C)NCC(O)c2ccc(OC)cc2)s1. The van der Waals surface area contributed by atoms with Gasteiger partial charge in [-0.05, 0) is 31.0 Å². The number of thiazole rings is 1. The topological polar surface area (TPSA) is 54.4 Å². The van der Waals surface area contributed by atoms with Gasteiger partial charge < -0.3 is 15.2 Å². The van der Waals surface area contributed by atoms with Gasteiger partial charge in [0.2, 0.25) is 0 Å². The minimum absolute atomic E-state index is 0.142. The molecule has 0 saturated heterocycles. The van der Waals surface area contributed by atoms with E-state index in [1.54, 1.807) is 18.4 Å². The molecule has 2 unspecified atom stereocenters. The minimum atomic E-state index is -0.538. The van der Waals surface area contributed by atoms with Gasteiger partial charge in [0, 0.05) is 17.6 Å². The molecule has 0 amide bonds. The molecular weight excluding hydrogens is 284 g/mol. The number of hydrogen-bond acceptors (Lipinski definition) is 5. The first kappa shape index (κ1) is 15.9. The molecule has 0 radical (unpaired) electrons. The molecule has 0 aliphatic heterocycles. The predicted molar refractivity (Wildman–Crippen MR) is 85.9 cm³/mol. The zero-order valence-corrected chi connectivity index (χ0v) is 13.5. The largest absolute Gasteiger partial charge is 0.497 e. The van der Waals surface area contributed by atoms with E-state index in [0.29, 0.717) is 6.54 Å². The van der Waals surface area contributed by atoms with Crippen LogP contribution in [0.25, 0.3) is 0 Å². The maximum Gasteiger partial charge on any atom is 0.118 e. The molecule has 21 heavy (non-hydrogen) atoms. The number of methoxy groups -OCH3 is 1. The van der Waals surface area contributed by atoms with Crippen LogP contribution >= 0.6 is 11.3 Å². The van der Waals surface area contributed by atoms with Gasteiger partial charge in [-0.15, -0.1) is 11.3 Å². The van der Waals surface area contributed by atoms with Gasteiger partial charge in [-0.25, -0.2) is 4.98 Å². The molecule has 2 atom stereocenters. The lowest BCUT2D eigenvalue weighted by molar-refractivity contribution is 0.170. The summed E-state index contributed by atoms with van der Waals surface area (Å²) in [6, 6.07) is 7.62. The molecule has 1 aromatic heterocycles. The summed E-state index contributed by atoms with van der Waals surface area (Å²) in [5.41, 5.74) is 0.879. The number of aliphatic hydroxyl groups excluding tert-OH is 1. The summed E-state index contributed by atoms with van der Waals surface area (Å²) in [4.78, 5) is 5.70. The third kappa shape index (κ3) is 4.27. The molecule has 0 saturated carbocycles. The lowest BCUT2D eigenvalue weighted by atomic mass is 10.1. The van der Waals surface area contributed by atoms with Crippen LogP contribution in [0.3, 0.4) is 0 Å². The molecule has 0 bridgehead atoms. The van der Waals surface area contributed by atoms with Crippen molar-refractivity contribution in [1.29, 1.82) is 0 Å². The van der Waals surface area contributed by atoms with Crippen molar-refractivity contribution in [3.05, 3.63) is 45.9 Å². The van der Waals surface area contributed by atoms with E-state index in [-0.39, 0.29) is 6.04 Å². The molecule has 0 aliphatic carbocycles. The Morgan fingerprint density at radius 3 is 2.62 bits per heavy atom. The van der Waals surface area contributed by atoms with E-state index < -0.39 is 6.10 Å². The molecular formula is C16H22N2O2S. The van der Waals surface area contributed by atoms with Crippen LogP contribution in [0.2, 0.25) is 0 Å². The molecule has 1 aromatic carbocycles. The standard InChI is InChI=1S/C16H22N2O2S/c1-4-14-9-18-16(21-14)11(2)17-10-15(19)12-5-7-13(20-3)8-6-12/h5-9,11,15,17,19H,4,10H2,1-3H3. The van der Waals surface area contributed by atoms with Crippen molar-refractivity contribution in [2.75, 3.05) is 13.7 Å². The zero-order valence-electron chi connectivity index (χ0n) is 12.7. The van der Waals surface area contributed by atoms with Crippen molar-refractivity contribution in [2.45, 2.75) is 32.4 Å². The normalized spacial score (nSPS) is 13.9. The second kappa shape index (κ2) is 7.54. The maximum atomic E-state index is 10.2. The van der Waals surface area contributed by atoms with Crippen molar-refractivity contribution >= 4 is 11.3 Å². The average Bonchev–Trinajstić information content (AvgIpc) is 3.01. The fourth-order valence-corrected chi connectivity index (χ4v) is 2.89. The molecule has 0 spiro atoms. The second-order valence-corrected chi connectivity index (χ2v) is 6.08. The van der Waals surface area contributed by atoms with Crippen LogP contribution in [0.4, 0.5) is 0 Å². The maximum absolute atomic E-state index is 10.2. The molecule has 2 aromatic rings. The molecule has 114 valence electrons. The fraction of sp³-hybridized carbons (Fsp3) is 0.438. The Balaban J connectivity index is 1.88. The highest BCUT2D eigenvalue weighted by atomic mass is 32.1. The third-order valence-corrected chi connectivity index (χ3v) is 4.73. The summed E-state index contributed by atoms with van der Waals surface area (Å²) in [6.45, 7) is 4.69. The van der Waals surface area contributed by atoms with Crippen LogP contribution in [0.1, 0.15) is 41.4 Å². The number of nitrogens with zero attached hydrogens (tertiary/aromatic N) is 1. The first-order valence-electron chi connectivity index (χ1n) is 7.14. The molecule has 0 fully saturated rings. The lowest BCUT2D eigenvalue weighted by Gasteiger charge is -2.16. The first-order valence-corrected chi connectivity index (χ1v) is 7.95. The second-order valence-electron chi connectivity index (χ2n) is 4.94. The quantitative estimate of drug-likeness (QED) is 0.825. The average molecular weight is 306 g/mol. The molecule has 5 heteroatoms. The van der Waals surface area contributed by atoms with Gasteiger partial charge in [0.25, 0.3) is 0 Å². The number of nitrogens with one attached hydrogen (secondary N) is 1. The number of rotatable bonds is 7. The Labute approximate surface area is 129 Å². The van der Waals surface area contributed by atoms with Gasteiger partial charge in [0.05, 0.1) is 19.3 Å². The van der Waals surface area contributed by atoms with E-state index in [0.717, 1.165) is 22.7 Å². The fourth-order valence-electron chi connectivity index (χ4n) is 2.01. The number of ether oxygens (including phenoxy) is 1. The Bertz CT molecular complexity index is 554. The van der Waals surface area contributed by atoms with Crippen LogP contribution in [0, 0.1) is 0 Å².